The molecule has 0 radical (unpaired) electrons. The maximum Gasteiger partial charge on any atom is 0.0625 e. The van der Waals surface area contributed by atoms with Crippen LogP contribution >= 0.6 is 31.7 Å². The van der Waals surface area contributed by atoms with Crippen LogP contribution < -0.4 is 0 Å². The predicted octanol–water partition coefficient (Wildman–Crippen LogP) is 6.89. The zero-order chi connectivity index (χ0) is 24.6. The second-order valence-electron chi connectivity index (χ2n) is 7.91. The van der Waals surface area contributed by atoms with Gasteiger partial charge in [0.1, 0.15) is 0 Å². The van der Waals surface area contributed by atoms with Crippen molar-refractivity contribution in [1.82, 2.24) is 0 Å². The second kappa shape index (κ2) is 24.3. The van der Waals surface area contributed by atoms with E-state index in [1.54, 1.807) is 0 Å². The summed E-state index contributed by atoms with van der Waals surface area (Å²) in [4.78, 5) is 0. The highest BCUT2D eigenvalue weighted by Gasteiger charge is 2.17. The van der Waals surface area contributed by atoms with Crippen molar-refractivity contribution in [3.05, 3.63) is 0 Å². The monoisotopic (exact) mass is 521 g/mol. The SMILES string of the molecule is CCCP(CCC#N)CCP(CCP(CCC#N)CCC#N)CCP(CCC#N)CCC#N. The normalized spacial score (nSPS) is 11.5. The molecule has 1 atom stereocenters. The number of hydrogen-bond acceptors (Lipinski definition) is 5. The van der Waals surface area contributed by atoms with E-state index in [1.807, 2.05) is 0 Å². The molecule has 1 unspecified atom stereocenters. The molecule has 9 heteroatoms. The largest absolute Gasteiger partial charge is 0.198 e. The summed E-state index contributed by atoms with van der Waals surface area (Å²) < 4.78 is 0. The molecule has 5 nitrogen and oxygen atoms in total. The Hall–Kier alpha value is -0.830. The van der Waals surface area contributed by atoms with Crippen LogP contribution in [0.25, 0.3) is 0 Å². The number of hydrogen-bond donors (Lipinski definition) is 0. The van der Waals surface area contributed by atoms with Gasteiger partial charge in [-0.1, -0.05) is 13.3 Å². The number of nitrogens with zero attached hydrogens (tertiary/aromatic N) is 5. The molecule has 0 fully saturated rings. The molecule has 0 aromatic carbocycles. The van der Waals surface area contributed by atoms with E-state index in [9.17, 15) is 0 Å². The molecule has 0 aromatic rings. The fourth-order valence-electron chi connectivity index (χ4n) is 3.55. The van der Waals surface area contributed by atoms with Crippen molar-refractivity contribution in [3.63, 3.8) is 0 Å². The van der Waals surface area contributed by atoms with Crippen molar-refractivity contribution < 1.29 is 0 Å². The quantitative estimate of drug-likeness (QED) is 0.152. The second-order valence-corrected chi connectivity index (χ2v) is 18.6. The molecule has 0 aliphatic rings. The average Bonchev–Trinajstić information content (AvgIpc) is 2.83. The van der Waals surface area contributed by atoms with Gasteiger partial charge in [-0.25, -0.2) is 0 Å². The minimum absolute atomic E-state index is 0.0566. The van der Waals surface area contributed by atoms with Crippen LogP contribution in [0.2, 0.25) is 0 Å². The van der Waals surface area contributed by atoms with Gasteiger partial charge in [0.15, 0.2) is 0 Å². The third-order valence-electron chi connectivity index (χ3n) is 5.44. The predicted molar refractivity (Wildman–Crippen MR) is 148 cm³/mol. The van der Waals surface area contributed by atoms with Gasteiger partial charge in [0.25, 0.3) is 0 Å². The van der Waals surface area contributed by atoms with Crippen LogP contribution in [0.1, 0.15) is 45.4 Å². The zero-order valence-electron chi connectivity index (χ0n) is 20.3. The summed E-state index contributed by atoms with van der Waals surface area (Å²) >= 11 is 0. The van der Waals surface area contributed by atoms with Gasteiger partial charge in [-0.15, -0.1) is 31.7 Å². The molecule has 0 aliphatic carbocycles. The fraction of sp³-hybridized carbons (Fsp3) is 0.792. The highest BCUT2D eigenvalue weighted by atomic mass is 31.1. The summed E-state index contributed by atoms with van der Waals surface area (Å²) in [6.07, 6.45) is 17.7. The molecule has 0 amide bonds. The lowest BCUT2D eigenvalue weighted by Gasteiger charge is -2.26. The van der Waals surface area contributed by atoms with Crippen molar-refractivity contribution in [2.45, 2.75) is 45.4 Å². The Balaban J connectivity index is 5.07. The van der Waals surface area contributed by atoms with E-state index in [2.05, 4.69) is 37.3 Å². The van der Waals surface area contributed by atoms with Crippen LogP contribution in [-0.4, -0.2) is 73.9 Å². The van der Waals surface area contributed by atoms with Crippen molar-refractivity contribution >= 4 is 31.7 Å². The lowest BCUT2D eigenvalue weighted by Crippen LogP contribution is -2.08. The maximum absolute atomic E-state index is 9.01. The van der Waals surface area contributed by atoms with Crippen LogP contribution in [0.3, 0.4) is 0 Å². The molecular weight excluding hydrogens is 482 g/mol. The summed E-state index contributed by atoms with van der Waals surface area (Å²) in [5.41, 5.74) is 0. The number of nitriles is 5. The lowest BCUT2D eigenvalue weighted by molar-refractivity contribution is 1.08. The Morgan fingerprint density at radius 1 is 0.364 bits per heavy atom. The molecule has 33 heavy (non-hydrogen) atoms. The van der Waals surface area contributed by atoms with Crippen molar-refractivity contribution in [2.75, 3.05) is 73.9 Å². The standard InChI is InChI=1S/C24H39N5P4/c1-2-13-30(14-3-8-25)19-22-33(23-20-31(15-4-9-26)16-5-10-27)24-21-32(17-6-11-28)18-7-12-29/h2-7,13-24H2,1H3. The first kappa shape index (κ1) is 32.2. The molecule has 0 rings (SSSR count). The molecule has 0 bridgehead atoms. The molecule has 0 aliphatic heterocycles. The van der Waals surface area contributed by atoms with Gasteiger partial charge in [-0.2, -0.15) is 26.3 Å². The Labute approximate surface area is 207 Å². The van der Waals surface area contributed by atoms with E-state index in [0.717, 1.165) is 30.8 Å². The van der Waals surface area contributed by atoms with E-state index in [-0.39, 0.29) is 31.7 Å². The van der Waals surface area contributed by atoms with Crippen LogP contribution in [0.4, 0.5) is 0 Å². The van der Waals surface area contributed by atoms with Gasteiger partial charge < -0.3 is 0 Å². The molecule has 0 saturated carbocycles. The van der Waals surface area contributed by atoms with E-state index in [1.165, 1.54) is 49.6 Å². The minimum atomic E-state index is -0.239. The first-order valence-electron chi connectivity index (χ1n) is 11.9. The van der Waals surface area contributed by atoms with Gasteiger partial charge in [-0.3, -0.25) is 0 Å². The summed E-state index contributed by atoms with van der Waals surface area (Å²) in [5, 5.41) is 45.0. The minimum Gasteiger partial charge on any atom is -0.198 e. The van der Waals surface area contributed by atoms with Gasteiger partial charge in [0.05, 0.1) is 30.3 Å². The first-order valence-corrected chi connectivity index (χ1v) is 19.5. The van der Waals surface area contributed by atoms with E-state index < -0.39 is 0 Å². The highest BCUT2D eigenvalue weighted by Crippen LogP contribution is 2.49. The molecule has 0 aromatic heterocycles. The van der Waals surface area contributed by atoms with Crippen molar-refractivity contribution in [1.29, 1.82) is 26.3 Å². The molecule has 0 N–H and O–H groups in total. The summed E-state index contributed by atoms with van der Waals surface area (Å²) in [5.74, 6) is 0. The molecule has 0 saturated heterocycles. The molecular formula is C24H39N5P4. The third kappa shape index (κ3) is 19.2. The van der Waals surface area contributed by atoms with Crippen LogP contribution in [0.15, 0.2) is 0 Å². The van der Waals surface area contributed by atoms with Gasteiger partial charge in [0, 0.05) is 32.1 Å². The average molecular weight is 522 g/mol. The maximum atomic E-state index is 9.01. The van der Waals surface area contributed by atoms with Crippen LogP contribution in [0.5, 0.6) is 0 Å². The van der Waals surface area contributed by atoms with Crippen LogP contribution in [0, 0.1) is 56.7 Å². The van der Waals surface area contributed by atoms with Gasteiger partial charge in [0.2, 0.25) is 0 Å². The summed E-state index contributed by atoms with van der Waals surface area (Å²) in [7, 11) is -0.645. The van der Waals surface area contributed by atoms with E-state index in [0.29, 0.717) is 32.1 Å². The van der Waals surface area contributed by atoms with Gasteiger partial charge >= 0.3 is 0 Å². The first-order chi connectivity index (χ1) is 16.1. The Kier molecular flexibility index (Phi) is 23.7. The van der Waals surface area contributed by atoms with Crippen molar-refractivity contribution in [2.24, 2.45) is 0 Å². The third-order valence-corrected chi connectivity index (χ3v) is 17.0. The Bertz CT molecular complexity index is 618. The van der Waals surface area contributed by atoms with E-state index >= 15 is 0 Å². The lowest BCUT2D eigenvalue weighted by atomic mass is 10.5. The summed E-state index contributed by atoms with van der Waals surface area (Å²) in [6.45, 7) is 2.24. The zero-order valence-corrected chi connectivity index (χ0v) is 23.8. The molecule has 0 heterocycles. The van der Waals surface area contributed by atoms with Crippen LogP contribution in [-0.2, 0) is 0 Å². The smallest absolute Gasteiger partial charge is 0.0625 e. The fourth-order valence-corrected chi connectivity index (χ4v) is 15.7. The Morgan fingerprint density at radius 2 is 0.576 bits per heavy atom. The highest BCUT2D eigenvalue weighted by molar-refractivity contribution is 7.64. The number of rotatable bonds is 21. The Morgan fingerprint density at radius 3 is 0.788 bits per heavy atom. The topological polar surface area (TPSA) is 119 Å². The van der Waals surface area contributed by atoms with Gasteiger partial charge in [-0.05, 0) is 73.9 Å². The molecule has 0 spiro atoms. The van der Waals surface area contributed by atoms with E-state index in [4.69, 9.17) is 26.3 Å². The molecule has 180 valence electrons. The van der Waals surface area contributed by atoms with Crippen molar-refractivity contribution in [3.8, 4) is 30.3 Å². The summed E-state index contributed by atoms with van der Waals surface area (Å²) in [6, 6.07) is 11.4.